The van der Waals surface area contributed by atoms with Gasteiger partial charge in [-0.25, -0.2) is 4.39 Å². The number of rotatable bonds is 9. The lowest BCUT2D eigenvalue weighted by atomic mass is 10.1. The van der Waals surface area contributed by atoms with E-state index in [2.05, 4.69) is 16.0 Å². The highest BCUT2D eigenvalue weighted by atomic mass is 35.5. The molecule has 1 aromatic carbocycles. The number of halogens is 2. The van der Waals surface area contributed by atoms with Crippen LogP contribution in [0.3, 0.4) is 0 Å². The van der Waals surface area contributed by atoms with Gasteiger partial charge in [0, 0.05) is 18.8 Å². The van der Waals surface area contributed by atoms with Gasteiger partial charge in [0.2, 0.25) is 5.91 Å². The number of hydrogen-bond donors (Lipinski definition) is 3. The molecule has 0 radical (unpaired) electrons. The zero-order valence-corrected chi connectivity index (χ0v) is 19.9. The standard InChI is InChI=1S/C22H26ClFN4O4S/c1-13(2)10-25-17(11-26-22(31)18-5-6-19(23)33-18)21(30)27-16-4-3-14(9-15(16)24)28-7-8-32-12-20(28)29/h3-6,9,13,17,25H,7-8,10-12H2,1-2H3,(H,26,31)(H,27,30)/t17-/m0/s1. The van der Waals surface area contributed by atoms with E-state index in [4.69, 9.17) is 16.3 Å². The molecule has 3 N–H and O–H groups in total. The van der Waals surface area contributed by atoms with E-state index in [-0.39, 0.29) is 36.6 Å². The molecule has 2 aromatic rings. The second-order valence-electron chi connectivity index (χ2n) is 7.92. The molecule has 33 heavy (non-hydrogen) atoms. The quantitative estimate of drug-likeness (QED) is 0.495. The second kappa shape index (κ2) is 11.6. The average Bonchev–Trinajstić information content (AvgIpc) is 3.21. The highest BCUT2D eigenvalue weighted by molar-refractivity contribution is 7.18. The number of amides is 3. The van der Waals surface area contributed by atoms with E-state index >= 15 is 0 Å². The molecule has 178 valence electrons. The lowest BCUT2D eigenvalue weighted by Crippen LogP contribution is -2.49. The summed E-state index contributed by atoms with van der Waals surface area (Å²) < 4.78 is 20.3. The summed E-state index contributed by atoms with van der Waals surface area (Å²) in [4.78, 5) is 39.1. The molecule has 8 nitrogen and oxygen atoms in total. The van der Waals surface area contributed by atoms with Gasteiger partial charge in [0.15, 0.2) is 0 Å². The number of nitrogens with one attached hydrogen (secondary N) is 3. The van der Waals surface area contributed by atoms with E-state index in [9.17, 15) is 18.8 Å². The number of ether oxygens (including phenoxy) is 1. The van der Waals surface area contributed by atoms with Crippen molar-refractivity contribution in [2.75, 3.05) is 43.1 Å². The molecule has 1 aliphatic rings. The van der Waals surface area contributed by atoms with Crippen LogP contribution >= 0.6 is 22.9 Å². The smallest absolute Gasteiger partial charge is 0.261 e. The summed E-state index contributed by atoms with van der Waals surface area (Å²) >= 11 is 7.01. The first-order valence-electron chi connectivity index (χ1n) is 10.5. The van der Waals surface area contributed by atoms with Gasteiger partial charge in [0.1, 0.15) is 18.5 Å². The summed E-state index contributed by atoms with van der Waals surface area (Å²) in [7, 11) is 0. The monoisotopic (exact) mass is 496 g/mol. The third-order valence-electron chi connectivity index (χ3n) is 4.86. The summed E-state index contributed by atoms with van der Waals surface area (Å²) in [5, 5.41) is 8.38. The topological polar surface area (TPSA) is 99.8 Å². The normalized spacial score (nSPS) is 14.9. The third-order valence-corrected chi connectivity index (χ3v) is 6.09. The van der Waals surface area contributed by atoms with Gasteiger partial charge < -0.3 is 25.6 Å². The Balaban J connectivity index is 1.66. The molecular weight excluding hydrogens is 471 g/mol. The van der Waals surface area contributed by atoms with Crippen LogP contribution in [-0.2, 0) is 14.3 Å². The maximum absolute atomic E-state index is 14.7. The van der Waals surface area contributed by atoms with Crippen molar-refractivity contribution >= 4 is 52.0 Å². The van der Waals surface area contributed by atoms with Gasteiger partial charge in [-0.15, -0.1) is 11.3 Å². The summed E-state index contributed by atoms with van der Waals surface area (Å²) in [6, 6.07) is 6.64. The van der Waals surface area contributed by atoms with Crippen molar-refractivity contribution < 1.29 is 23.5 Å². The molecular formula is C22H26ClFN4O4S. The van der Waals surface area contributed by atoms with Gasteiger partial charge in [-0.05, 0) is 42.8 Å². The van der Waals surface area contributed by atoms with Gasteiger partial charge in [-0.3, -0.25) is 14.4 Å². The Bertz CT molecular complexity index is 1020. The number of benzene rings is 1. The molecule has 0 unspecified atom stereocenters. The van der Waals surface area contributed by atoms with Crippen LogP contribution in [0.25, 0.3) is 0 Å². The van der Waals surface area contributed by atoms with Crippen molar-refractivity contribution in [1.29, 1.82) is 0 Å². The van der Waals surface area contributed by atoms with Crippen molar-refractivity contribution in [3.63, 3.8) is 0 Å². The fourth-order valence-corrected chi connectivity index (χ4v) is 4.10. The Kier molecular flexibility index (Phi) is 8.79. The largest absolute Gasteiger partial charge is 0.370 e. The summed E-state index contributed by atoms with van der Waals surface area (Å²) in [6.45, 7) is 5.17. The van der Waals surface area contributed by atoms with E-state index in [1.54, 1.807) is 18.2 Å². The number of carbonyl (C=O) groups excluding carboxylic acids is 3. The van der Waals surface area contributed by atoms with Gasteiger partial charge in [-0.2, -0.15) is 0 Å². The van der Waals surface area contributed by atoms with Crippen molar-refractivity contribution in [2.24, 2.45) is 5.92 Å². The predicted octanol–water partition coefficient (Wildman–Crippen LogP) is 2.89. The van der Waals surface area contributed by atoms with Gasteiger partial charge in [-0.1, -0.05) is 25.4 Å². The van der Waals surface area contributed by atoms with E-state index in [1.165, 1.54) is 17.0 Å². The summed E-state index contributed by atoms with van der Waals surface area (Å²) in [5.74, 6) is -1.50. The first kappa shape index (κ1) is 25.1. The number of morpholine rings is 1. The zero-order valence-electron chi connectivity index (χ0n) is 18.3. The molecule has 0 saturated carbocycles. The minimum absolute atomic E-state index is 0.00882. The summed E-state index contributed by atoms with van der Waals surface area (Å²) in [5.41, 5.74) is 0.382. The second-order valence-corrected chi connectivity index (χ2v) is 9.63. The van der Waals surface area contributed by atoms with E-state index in [1.807, 2.05) is 13.8 Å². The SMILES string of the molecule is CC(C)CN[C@@H](CNC(=O)c1ccc(Cl)s1)C(=O)Nc1ccc(N2CCOCC2=O)cc1F. The molecule has 2 heterocycles. The van der Waals surface area contributed by atoms with Crippen LogP contribution in [0, 0.1) is 11.7 Å². The van der Waals surface area contributed by atoms with Crippen LogP contribution in [0.1, 0.15) is 23.5 Å². The Morgan fingerprint density at radius 2 is 2.03 bits per heavy atom. The summed E-state index contributed by atoms with van der Waals surface area (Å²) in [6.07, 6.45) is 0. The van der Waals surface area contributed by atoms with Crippen LogP contribution < -0.4 is 20.9 Å². The molecule has 3 rings (SSSR count). The fourth-order valence-electron chi connectivity index (χ4n) is 3.14. The molecule has 0 spiro atoms. The molecule has 3 amide bonds. The van der Waals surface area contributed by atoms with Crippen LogP contribution in [0.2, 0.25) is 4.34 Å². The highest BCUT2D eigenvalue weighted by Gasteiger charge is 2.24. The molecule has 1 atom stereocenters. The van der Waals surface area contributed by atoms with Crippen molar-refractivity contribution in [2.45, 2.75) is 19.9 Å². The highest BCUT2D eigenvalue weighted by Crippen LogP contribution is 2.24. The van der Waals surface area contributed by atoms with E-state index in [0.717, 1.165) is 11.3 Å². The minimum atomic E-state index is -0.785. The third kappa shape index (κ3) is 6.97. The van der Waals surface area contributed by atoms with Crippen molar-refractivity contribution in [3.05, 3.63) is 45.4 Å². The van der Waals surface area contributed by atoms with Gasteiger partial charge in [0.05, 0.1) is 21.5 Å². The Labute approximate surface area is 200 Å². The lowest BCUT2D eigenvalue weighted by Gasteiger charge is -2.27. The molecule has 0 bridgehead atoms. The maximum atomic E-state index is 14.7. The lowest BCUT2D eigenvalue weighted by molar-refractivity contribution is -0.125. The molecule has 1 aliphatic heterocycles. The first-order valence-corrected chi connectivity index (χ1v) is 11.7. The molecule has 1 fully saturated rings. The maximum Gasteiger partial charge on any atom is 0.261 e. The first-order chi connectivity index (χ1) is 15.7. The zero-order chi connectivity index (χ0) is 24.0. The van der Waals surface area contributed by atoms with Crippen LogP contribution in [0.5, 0.6) is 0 Å². The van der Waals surface area contributed by atoms with E-state index in [0.29, 0.717) is 34.6 Å². The number of nitrogens with zero attached hydrogens (tertiary/aromatic N) is 1. The van der Waals surface area contributed by atoms with E-state index < -0.39 is 17.8 Å². The minimum Gasteiger partial charge on any atom is -0.370 e. The van der Waals surface area contributed by atoms with Crippen molar-refractivity contribution in [1.82, 2.24) is 10.6 Å². The number of thiophene rings is 1. The molecule has 1 aromatic heterocycles. The number of anilines is 2. The van der Waals surface area contributed by atoms with Crippen LogP contribution in [0.4, 0.5) is 15.8 Å². The molecule has 1 saturated heterocycles. The van der Waals surface area contributed by atoms with Crippen LogP contribution in [-0.4, -0.2) is 56.6 Å². The van der Waals surface area contributed by atoms with Crippen LogP contribution in [0.15, 0.2) is 30.3 Å². The molecule has 11 heteroatoms. The Morgan fingerprint density at radius 1 is 1.24 bits per heavy atom. The number of carbonyl (C=O) groups is 3. The Hall–Kier alpha value is -2.53. The fraction of sp³-hybridized carbons (Fsp3) is 0.409. The van der Waals surface area contributed by atoms with Crippen molar-refractivity contribution in [3.8, 4) is 0 Å². The number of hydrogen-bond acceptors (Lipinski definition) is 6. The average molecular weight is 497 g/mol. The predicted molar refractivity (Wildman–Crippen MR) is 126 cm³/mol. The molecule has 0 aliphatic carbocycles. The van der Waals surface area contributed by atoms with Gasteiger partial charge >= 0.3 is 0 Å². The van der Waals surface area contributed by atoms with Gasteiger partial charge in [0.25, 0.3) is 11.8 Å². The Morgan fingerprint density at radius 3 is 2.67 bits per heavy atom.